The number of Topliss-reactive ketones (excluding diaryl/α,β-unsaturated/α-hetero) is 1. The largest absolute Gasteiger partial charge is 0.508 e. The van der Waals surface area contributed by atoms with E-state index in [0.717, 1.165) is 0 Å². The second-order valence-corrected chi connectivity index (χ2v) is 4.28. The smallest absolute Gasteiger partial charge is 0.193 e. The van der Waals surface area contributed by atoms with Crippen LogP contribution < -0.4 is 5.43 Å². The maximum absolute atomic E-state index is 11.9. The van der Waals surface area contributed by atoms with E-state index in [2.05, 4.69) is 0 Å². The Balaban J connectivity index is 2.62. The summed E-state index contributed by atoms with van der Waals surface area (Å²) >= 11 is 0. The van der Waals surface area contributed by atoms with Crippen molar-refractivity contribution in [3.05, 3.63) is 39.7 Å². The van der Waals surface area contributed by atoms with Crippen molar-refractivity contribution in [3.8, 4) is 5.75 Å². The highest BCUT2D eigenvalue weighted by atomic mass is 16.3. The maximum atomic E-state index is 11.9. The minimum atomic E-state index is -0.187. The summed E-state index contributed by atoms with van der Waals surface area (Å²) in [6, 6.07) is 4.25. The molecular formula is C14H14O4. The molecule has 0 bridgehead atoms. The third-order valence-electron chi connectivity index (χ3n) is 2.83. The van der Waals surface area contributed by atoms with Crippen molar-refractivity contribution in [2.24, 2.45) is 0 Å². The van der Waals surface area contributed by atoms with E-state index in [-0.39, 0.29) is 23.4 Å². The Kier molecular flexibility index (Phi) is 3.19. The van der Waals surface area contributed by atoms with Crippen molar-refractivity contribution in [1.82, 2.24) is 0 Å². The molecule has 4 nitrogen and oxygen atoms in total. The van der Waals surface area contributed by atoms with Crippen LogP contribution in [0.1, 0.15) is 24.7 Å². The lowest BCUT2D eigenvalue weighted by Crippen LogP contribution is -2.07. The Morgan fingerprint density at radius 1 is 1.33 bits per heavy atom. The fraction of sp³-hybridized carbons (Fsp3) is 0.286. The van der Waals surface area contributed by atoms with Crippen LogP contribution in [0.25, 0.3) is 11.0 Å². The highest BCUT2D eigenvalue weighted by Crippen LogP contribution is 2.22. The molecule has 1 N–H and O–H groups in total. The number of benzene rings is 1. The molecule has 0 saturated heterocycles. The average molecular weight is 246 g/mol. The predicted molar refractivity (Wildman–Crippen MR) is 67.9 cm³/mol. The molecular weight excluding hydrogens is 232 g/mol. The number of hydrogen-bond acceptors (Lipinski definition) is 4. The van der Waals surface area contributed by atoms with Gasteiger partial charge in [-0.3, -0.25) is 9.59 Å². The number of rotatable bonds is 3. The quantitative estimate of drug-likeness (QED) is 0.902. The number of fused-ring (bicyclic) bond motifs is 1. The highest BCUT2D eigenvalue weighted by Gasteiger charge is 2.10. The summed E-state index contributed by atoms with van der Waals surface area (Å²) in [7, 11) is 0. The van der Waals surface area contributed by atoms with E-state index in [0.29, 0.717) is 28.7 Å². The van der Waals surface area contributed by atoms with E-state index in [1.165, 1.54) is 18.2 Å². The molecule has 18 heavy (non-hydrogen) atoms. The van der Waals surface area contributed by atoms with Crippen LogP contribution in [0.5, 0.6) is 5.75 Å². The first-order valence-corrected chi connectivity index (χ1v) is 5.79. The van der Waals surface area contributed by atoms with Gasteiger partial charge < -0.3 is 9.52 Å². The van der Waals surface area contributed by atoms with Gasteiger partial charge in [0.2, 0.25) is 0 Å². The lowest BCUT2D eigenvalue weighted by molar-refractivity contribution is -0.118. The fourth-order valence-electron chi connectivity index (χ4n) is 1.93. The third kappa shape index (κ3) is 2.27. The van der Waals surface area contributed by atoms with E-state index in [1.807, 2.05) is 0 Å². The number of ketones is 1. The normalized spacial score (nSPS) is 10.8. The van der Waals surface area contributed by atoms with Crippen LogP contribution in [0.3, 0.4) is 0 Å². The summed E-state index contributed by atoms with van der Waals surface area (Å²) in [6.45, 7) is 3.49. The molecule has 2 aromatic rings. The number of hydrogen-bond donors (Lipinski definition) is 1. The van der Waals surface area contributed by atoms with Crippen molar-refractivity contribution >= 4 is 16.8 Å². The summed E-state index contributed by atoms with van der Waals surface area (Å²) in [6.07, 6.45) is 0.511. The lowest BCUT2D eigenvalue weighted by atomic mass is 10.1. The molecule has 0 unspecified atom stereocenters. The number of carbonyl (C=O) groups excluding carboxylic acids is 1. The van der Waals surface area contributed by atoms with Gasteiger partial charge in [-0.2, -0.15) is 0 Å². The topological polar surface area (TPSA) is 67.5 Å². The number of aryl methyl sites for hydroxylation is 1. The van der Waals surface area contributed by atoms with Crippen molar-refractivity contribution in [2.75, 3.05) is 0 Å². The molecule has 0 saturated carbocycles. The molecule has 1 aromatic heterocycles. The molecule has 0 atom stereocenters. The summed E-state index contributed by atoms with van der Waals surface area (Å²) in [5, 5.41) is 9.94. The van der Waals surface area contributed by atoms with Gasteiger partial charge in [0, 0.05) is 18.6 Å². The summed E-state index contributed by atoms with van der Waals surface area (Å²) < 4.78 is 5.50. The van der Waals surface area contributed by atoms with Crippen molar-refractivity contribution < 1.29 is 14.3 Å². The zero-order chi connectivity index (χ0) is 13.3. The average Bonchev–Trinajstić information content (AvgIpc) is 2.26. The zero-order valence-electron chi connectivity index (χ0n) is 10.3. The molecule has 2 rings (SSSR count). The van der Waals surface area contributed by atoms with Crippen LogP contribution in [-0.4, -0.2) is 10.9 Å². The van der Waals surface area contributed by atoms with Gasteiger partial charge in [-0.15, -0.1) is 0 Å². The van der Waals surface area contributed by atoms with E-state index < -0.39 is 0 Å². The van der Waals surface area contributed by atoms with Gasteiger partial charge >= 0.3 is 0 Å². The minimum Gasteiger partial charge on any atom is -0.508 e. The molecule has 0 amide bonds. The van der Waals surface area contributed by atoms with Gasteiger partial charge in [0.1, 0.15) is 22.9 Å². The van der Waals surface area contributed by atoms with Crippen molar-refractivity contribution in [1.29, 1.82) is 0 Å². The highest BCUT2D eigenvalue weighted by molar-refractivity contribution is 5.83. The Morgan fingerprint density at radius 2 is 2.06 bits per heavy atom. The molecule has 1 heterocycles. The number of aromatic hydroxyl groups is 1. The molecule has 0 fully saturated rings. The van der Waals surface area contributed by atoms with Crippen LogP contribution in [0.15, 0.2) is 27.4 Å². The summed E-state index contributed by atoms with van der Waals surface area (Å²) in [5.74, 6) is 0.390. The Morgan fingerprint density at radius 3 is 2.72 bits per heavy atom. The lowest BCUT2D eigenvalue weighted by Gasteiger charge is -2.04. The second kappa shape index (κ2) is 4.64. The van der Waals surface area contributed by atoms with E-state index >= 15 is 0 Å². The molecule has 0 spiro atoms. The SMILES string of the molecule is CCC(=O)Cc1cc(=O)c2c(C)cc(O)cc2o1. The molecule has 4 heteroatoms. The van der Waals surface area contributed by atoms with Crippen LogP contribution in [0.4, 0.5) is 0 Å². The van der Waals surface area contributed by atoms with Gasteiger partial charge in [-0.25, -0.2) is 0 Å². The van der Waals surface area contributed by atoms with Crippen LogP contribution in [0.2, 0.25) is 0 Å². The first-order valence-electron chi connectivity index (χ1n) is 5.79. The number of phenolic OH excluding ortho intramolecular Hbond substituents is 1. The standard InChI is InChI=1S/C14H14O4/c1-3-9(15)5-11-7-12(17)14-8(2)4-10(16)6-13(14)18-11/h4,6-7,16H,3,5H2,1-2H3. The maximum Gasteiger partial charge on any atom is 0.193 e. The number of phenols is 1. The summed E-state index contributed by atoms with van der Waals surface area (Å²) in [4.78, 5) is 23.3. The van der Waals surface area contributed by atoms with Gasteiger partial charge in [0.15, 0.2) is 5.43 Å². The Labute approximate surface area is 104 Å². The Hall–Kier alpha value is -2.10. The van der Waals surface area contributed by atoms with E-state index in [4.69, 9.17) is 4.42 Å². The first-order chi connectivity index (χ1) is 8.51. The second-order valence-electron chi connectivity index (χ2n) is 4.28. The Bertz CT molecular complexity index is 667. The van der Waals surface area contributed by atoms with Gasteiger partial charge in [-0.1, -0.05) is 6.92 Å². The third-order valence-corrected chi connectivity index (χ3v) is 2.83. The molecule has 0 radical (unpaired) electrons. The van der Waals surface area contributed by atoms with E-state index in [9.17, 15) is 14.7 Å². The molecule has 94 valence electrons. The van der Waals surface area contributed by atoms with Crippen LogP contribution >= 0.6 is 0 Å². The van der Waals surface area contributed by atoms with Gasteiger partial charge in [0.25, 0.3) is 0 Å². The van der Waals surface area contributed by atoms with Gasteiger partial charge in [0.05, 0.1) is 11.8 Å². The van der Waals surface area contributed by atoms with E-state index in [1.54, 1.807) is 13.8 Å². The van der Waals surface area contributed by atoms with Crippen LogP contribution in [-0.2, 0) is 11.2 Å². The van der Waals surface area contributed by atoms with Crippen molar-refractivity contribution in [2.45, 2.75) is 26.7 Å². The fourth-order valence-corrected chi connectivity index (χ4v) is 1.93. The van der Waals surface area contributed by atoms with Crippen molar-refractivity contribution in [3.63, 3.8) is 0 Å². The monoisotopic (exact) mass is 246 g/mol. The van der Waals surface area contributed by atoms with Crippen LogP contribution in [0, 0.1) is 6.92 Å². The number of carbonyl (C=O) groups is 1. The molecule has 0 aliphatic carbocycles. The summed E-state index contributed by atoms with van der Waals surface area (Å²) in [5.41, 5.74) is 0.790. The molecule has 0 aliphatic heterocycles. The zero-order valence-corrected chi connectivity index (χ0v) is 10.3. The predicted octanol–water partition coefficient (Wildman–Crippen LogP) is 2.33. The first kappa shape index (κ1) is 12.4. The van der Waals surface area contributed by atoms with Gasteiger partial charge in [-0.05, 0) is 18.6 Å². The molecule has 1 aromatic carbocycles. The molecule has 0 aliphatic rings. The minimum absolute atomic E-state index is 0.00868.